The van der Waals surface area contributed by atoms with Gasteiger partial charge in [-0.2, -0.15) is 0 Å². The lowest BCUT2D eigenvalue weighted by Crippen LogP contribution is -2.08. The molecule has 3 heteroatoms. The summed E-state index contributed by atoms with van der Waals surface area (Å²) in [4.78, 5) is 4.50. The van der Waals surface area contributed by atoms with Crippen molar-refractivity contribution in [2.75, 3.05) is 13.7 Å². The highest BCUT2D eigenvalue weighted by Crippen LogP contribution is 2.24. The molecule has 0 aliphatic rings. The fourth-order valence-electron chi connectivity index (χ4n) is 1.74. The smallest absolute Gasteiger partial charge is 0.221 e. The van der Waals surface area contributed by atoms with E-state index < -0.39 is 0 Å². The van der Waals surface area contributed by atoms with Gasteiger partial charge in [-0.1, -0.05) is 30.9 Å². The normalized spacial score (nSPS) is 10.4. The largest absolute Gasteiger partial charge is 0.473 e. The van der Waals surface area contributed by atoms with Gasteiger partial charge in [-0.25, -0.2) is 4.98 Å². The molecule has 2 rings (SSSR count). The number of aromatic nitrogens is 1. The Morgan fingerprint density at radius 1 is 1.41 bits per heavy atom. The SMILES string of the molecule is C=CCOc1nc(CNC)cc2ccccc12. The molecule has 1 aromatic heterocycles. The Bertz CT molecular complexity index is 523. The van der Waals surface area contributed by atoms with Crippen LogP contribution in [0.15, 0.2) is 43.0 Å². The van der Waals surface area contributed by atoms with Gasteiger partial charge in [-0.05, 0) is 24.6 Å². The number of fused-ring (bicyclic) bond motifs is 1. The molecular weight excluding hydrogens is 212 g/mol. The van der Waals surface area contributed by atoms with Gasteiger partial charge in [-0.15, -0.1) is 0 Å². The summed E-state index contributed by atoms with van der Waals surface area (Å²) in [6.45, 7) is 4.85. The van der Waals surface area contributed by atoms with Crippen LogP contribution in [0.3, 0.4) is 0 Å². The zero-order valence-corrected chi connectivity index (χ0v) is 9.94. The summed E-state index contributed by atoms with van der Waals surface area (Å²) in [5, 5.41) is 5.28. The second-order valence-corrected chi connectivity index (χ2v) is 3.77. The average molecular weight is 228 g/mol. The topological polar surface area (TPSA) is 34.1 Å². The van der Waals surface area contributed by atoms with Crippen molar-refractivity contribution in [3.05, 3.63) is 48.7 Å². The number of nitrogens with one attached hydrogen (secondary N) is 1. The maximum atomic E-state index is 5.60. The molecule has 0 saturated carbocycles. The first-order valence-corrected chi connectivity index (χ1v) is 5.62. The molecule has 17 heavy (non-hydrogen) atoms. The van der Waals surface area contributed by atoms with E-state index >= 15 is 0 Å². The Morgan fingerprint density at radius 3 is 3.00 bits per heavy atom. The Hall–Kier alpha value is -1.87. The van der Waals surface area contributed by atoms with Gasteiger partial charge >= 0.3 is 0 Å². The van der Waals surface area contributed by atoms with Crippen LogP contribution in [0.25, 0.3) is 10.8 Å². The third kappa shape index (κ3) is 2.63. The zero-order chi connectivity index (χ0) is 12.1. The van der Waals surface area contributed by atoms with Crippen molar-refractivity contribution in [1.29, 1.82) is 0 Å². The van der Waals surface area contributed by atoms with Gasteiger partial charge in [0.15, 0.2) is 0 Å². The third-order valence-electron chi connectivity index (χ3n) is 2.45. The predicted octanol–water partition coefficient (Wildman–Crippen LogP) is 2.52. The first-order valence-electron chi connectivity index (χ1n) is 5.62. The van der Waals surface area contributed by atoms with Gasteiger partial charge < -0.3 is 10.1 Å². The summed E-state index contributed by atoms with van der Waals surface area (Å²) < 4.78 is 5.60. The molecule has 0 aliphatic carbocycles. The molecule has 0 saturated heterocycles. The van der Waals surface area contributed by atoms with Crippen LogP contribution in [0.2, 0.25) is 0 Å². The fraction of sp³-hybridized carbons (Fsp3) is 0.214. The minimum Gasteiger partial charge on any atom is -0.473 e. The van der Waals surface area contributed by atoms with E-state index in [9.17, 15) is 0 Å². The molecule has 0 bridgehead atoms. The lowest BCUT2D eigenvalue weighted by atomic mass is 10.1. The zero-order valence-electron chi connectivity index (χ0n) is 9.94. The molecule has 3 nitrogen and oxygen atoms in total. The fourth-order valence-corrected chi connectivity index (χ4v) is 1.74. The number of hydrogen-bond donors (Lipinski definition) is 1. The molecule has 88 valence electrons. The number of benzene rings is 1. The van der Waals surface area contributed by atoms with E-state index in [0.29, 0.717) is 12.5 Å². The van der Waals surface area contributed by atoms with Crippen molar-refractivity contribution in [1.82, 2.24) is 10.3 Å². The van der Waals surface area contributed by atoms with Crippen LogP contribution in [-0.2, 0) is 6.54 Å². The molecule has 0 fully saturated rings. The number of hydrogen-bond acceptors (Lipinski definition) is 3. The second kappa shape index (κ2) is 5.46. The van der Waals surface area contributed by atoms with Gasteiger partial charge in [0, 0.05) is 11.9 Å². The lowest BCUT2D eigenvalue weighted by Gasteiger charge is -2.09. The van der Waals surface area contributed by atoms with E-state index in [0.717, 1.165) is 23.0 Å². The van der Waals surface area contributed by atoms with E-state index in [4.69, 9.17) is 4.74 Å². The first kappa shape index (κ1) is 11.6. The van der Waals surface area contributed by atoms with Crippen LogP contribution < -0.4 is 10.1 Å². The highest BCUT2D eigenvalue weighted by Gasteiger charge is 2.05. The van der Waals surface area contributed by atoms with Crippen molar-refractivity contribution in [3.8, 4) is 5.88 Å². The summed E-state index contributed by atoms with van der Waals surface area (Å²) in [6, 6.07) is 10.2. The monoisotopic (exact) mass is 228 g/mol. The molecular formula is C14H16N2O. The predicted molar refractivity (Wildman–Crippen MR) is 70.2 cm³/mol. The van der Waals surface area contributed by atoms with E-state index in [2.05, 4.69) is 29.0 Å². The Labute approximate surface area is 101 Å². The minimum absolute atomic E-state index is 0.472. The highest BCUT2D eigenvalue weighted by molar-refractivity contribution is 5.87. The molecule has 2 aromatic rings. The second-order valence-electron chi connectivity index (χ2n) is 3.77. The van der Waals surface area contributed by atoms with Gasteiger partial charge in [-0.3, -0.25) is 0 Å². The number of nitrogens with zero attached hydrogens (tertiary/aromatic N) is 1. The standard InChI is InChI=1S/C14H16N2O/c1-3-8-17-14-13-7-5-4-6-11(13)9-12(16-14)10-15-2/h3-7,9,15H,1,8,10H2,2H3. The summed E-state index contributed by atoms with van der Waals surface area (Å²) in [6.07, 6.45) is 1.72. The van der Waals surface area contributed by atoms with Crippen LogP contribution in [0, 0.1) is 0 Å². The number of pyridine rings is 1. The maximum absolute atomic E-state index is 5.60. The third-order valence-corrected chi connectivity index (χ3v) is 2.45. The maximum Gasteiger partial charge on any atom is 0.221 e. The summed E-state index contributed by atoms with van der Waals surface area (Å²) in [7, 11) is 1.90. The van der Waals surface area contributed by atoms with Crippen LogP contribution in [0.5, 0.6) is 5.88 Å². The molecule has 0 radical (unpaired) electrons. The molecule has 0 spiro atoms. The van der Waals surface area contributed by atoms with E-state index in [-0.39, 0.29) is 0 Å². The van der Waals surface area contributed by atoms with Crippen LogP contribution in [-0.4, -0.2) is 18.6 Å². The Morgan fingerprint density at radius 2 is 2.24 bits per heavy atom. The van der Waals surface area contributed by atoms with E-state index in [1.807, 2.05) is 25.2 Å². The number of rotatable bonds is 5. The number of ether oxygens (including phenoxy) is 1. The summed E-state index contributed by atoms with van der Waals surface area (Å²) in [5.74, 6) is 0.674. The molecule has 0 atom stereocenters. The average Bonchev–Trinajstić information content (AvgIpc) is 2.36. The van der Waals surface area contributed by atoms with Crippen molar-refractivity contribution >= 4 is 10.8 Å². The first-order chi connectivity index (χ1) is 8.35. The highest BCUT2D eigenvalue weighted by atomic mass is 16.5. The van der Waals surface area contributed by atoms with Gasteiger partial charge in [0.05, 0.1) is 5.69 Å². The minimum atomic E-state index is 0.472. The van der Waals surface area contributed by atoms with E-state index in [1.54, 1.807) is 6.08 Å². The molecule has 0 amide bonds. The molecule has 1 N–H and O–H groups in total. The van der Waals surface area contributed by atoms with Crippen LogP contribution >= 0.6 is 0 Å². The van der Waals surface area contributed by atoms with Crippen LogP contribution in [0.4, 0.5) is 0 Å². The van der Waals surface area contributed by atoms with Gasteiger partial charge in [0.25, 0.3) is 0 Å². The quantitative estimate of drug-likeness (QED) is 0.798. The van der Waals surface area contributed by atoms with Crippen molar-refractivity contribution < 1.29 is 4.74 Å². The van der Waals surface area contributed by atoms with Gasteiger partial charge in [0.2, 0.25) is 5.88 Å². The van der Waals surface area contributed by atoms with Crippen molar-refractivity contribution in [2.24, 2.45) is 0 Å². The van der Waals surface area contributed by atoms with E-state index in [1.165, 1.54) is 0 Å². The lowest BCUT2D eigenvalue weighted by molar-refractivity contribution is 0.352. The van der Waals surface area contributed by atoms with Crippen LogP contribution in [0.1, 0.15) is 5.69 Å². The summed E-state index contributed by atoms with van der Waals surface area (Å²) in [5.41, 5.74) is 0.977. The van der Waals surface area contributed by atoms with Crippen molar-refractivity contribution in [3.63, 3.8) is 0 Å². The Balaban J connectivity index is 2.48. The van der Waals surface area contributed by atoms with Crippen molar-refractivity contribution in [2.45, 2.75) is 6.54 Å². The molecule has 0 aliphatic heterocycles. The summed E-state index contributed by atoms with van der Waals surface area (Å²) >= 11 is 0. The molecule has 0 unspecified atom stereocenters. The Kier molecular flexibility index (Phi) is 3.73. The molecule has 1 aromatic carbocycles. The van der Waals surface area contributed by atoms with Gasteiger partial charge in [0.1, 0.15) is 6.61 Å². The molecule has 1 heterocycles.